The van der Waals surface area contributed by atoms with Crippen molar-refractivity contribution >= 4 is 0 Å². The molecule has 0 unspecified atom stereocenters. The van der Waals surface area contributed by atoms with Crippen LogP contribution in [0.1, 0.15) is 52.5 Å². The van der Waals surface area contributed by atoms with Crippen LogP contribution in [0.2, 0.25) is 0 Å². The first-order valence-electron chi connectivity index (χ1n) is 6.96. The topological polar surface area (TPSA) is 25.8 Å². The second-order valence-electron chi connectivity index (χ2n) is 6.25. The van der Waals surface area contributed by atoms with Gasteiger partial charge in [-0.15, -0.1) is 0 Å². The zero-order chi connectivity index (χ0) is 13.6. The van der Waals surface area contributed by atoms with Gasteiger partial charge in [0.05, 0.1) is 18.7 Å². The van der Waals surface area contributed by atoms with Crippen LogP contribution in [-0.2, 0) is 0 Å². The number of benzene rings is 1. The number of hydrogen-bond acceptors (Lipinski definition) is 1. The van der Waals surface area contributed by atoms with Crippen molar-refractivity contribution in [2.24, 2.45) is 0 Å². The molecule has 0 atom stereocenters. The van der Waals surface area contributed by atoms with Crippen LogP contribution < -0.4 is 10.1 Å². The number of ether oxygens (including phenoxy) is 1. The monoisotopic (exact) mass is 250 g/mol. The minimum absolute atomic E-state index is 0.315. The van der Waals surface area contributed by atoms with E-state index in [2.05, 4.69) is 58.1 Å². The molecule has 2 N–H and O–H groups in total. The molecule has 0 aliphatic heterocycles. The van der Waals surface area contributed by atoms with Crippen LogP contribution in [0.3, 0.4) is 0 Å². The Bertz CT molecular complexity index is 352. The van der Waals surface area contributed by atoms with Crippen molar-refractivity contribution in [2.75, 3.05) is 13.2 Å². The molecular formula is C16H28NO+. The van der Waals surface area contributed by atoms with Gasteiger partial charge in [-0.25, -0.2) is 0 Å². The Morgan fingerprint density at radius 2 is 1.83 bits per heavy atom. The highest BCUT2D eigenvalue weighted by Crippen LogP contribution is 2.25. The van der Waals surface area contributed by atoms with E-state index < -0.39 is 0 Å². The summed E-state index contributed by atoms with van der Waals surface area (Å²) in [5.74, 6) is 1.56. The molecule has 1 rings (SSSR count). The molecule has 1 aromatic carbocycles. The van der Waals surface area contributed by atoms with Crippen molar-refractivity contribution in [3.05, 3.63) is 29.8 Å². The molecule has 0 bridgehead atoms. The number of rotatable bonds is 6. The quantitative estimate of drug-likeness (QED) is 0.772. The Hall–Kier alpha value is -1.02. The van der Waals surface area contributed by atoms with Gasteiger partial charge in [0.1, 0.15) is 5.75 Å². The van der Waals surface area contributed by atoms with Gasteiger partial charge in [0.15, 0.2) is 0 Å². The first kappa shape index (κ1) is 15.0. The second kappa shape index (κ2) is 6.79. The average Bonchev–Trinajstić information content (AvgIpc) is 2.27. The standard InChI is InChI=1S/C16H27NO/c1-13(2)14-9-6-7-10-15(14)18-12-8-11-17-16(3,4)5/h6-7,9-10,13,17H,8,11-12H2,1-5H3/p+1. The Morgan fingerprint density at radius 3 is 2.44 bits per heavy atom. The van der Waals surface area contributed by atoms with Crippen LogP contribution in [0.25, 0.3) is 0 Å². The molecule has 0 amide bonds. The normalized spacial score (nSPS) is 11.9. The molecular weight excluding hydrogens is 222 g/mol. The number of quaternary nitrogens is 1. The average molecular weight is 250 g/mol. The Labute approximate surface area is 112 Å². The van der Waals surface area contributed by atoms with Crippen LogP contribution in [0.4, 0.5) is 0 Å². The van der Waals surface area contributed by atoms with Crippen molar-refractivity contribution in [1.29, 1.82) is 0 Å². The van der Waals surface area contributed by atoms with Gasteiger partial charge in [-0.3, -0.25) is 0 Å². The fourth-order valence-electron chi connectivity index (χ4n) is 1.89. The van der Waals surface area contributed by atoms with Crippen molar-refractivity contribution in [3.63, 3.8) is 0 Å². The van der Waals surface area contributed by atoms with Gasteiger partial charge in [0.25, 0.3) is 0 Å². The van der Waals surface area contributed by atoms with E-state index in [-0.39, 0.29) is 0 Å². The minimum Gasteiger partial charge on any atom is -0.493 e. The van der Waals surface area contributed by atoms with Gasteiger partial charge in [0.2, 0.25) is 0 Å². The minimum atomic E-state index is 0.315. The maximum atomic E-state index is 5.89. The van der Waals surface area contributed by atoms with E-state index in [4.69, 9.17) is 4.74 Å². The van der Waals surface area contributed by atoms with Gasteiger partial charge in [-0.05, 0) is 38.3 Å². The maximum absolute atomic E-state index is 5.89. The van der Waals surface area contributed by atoms with Crippen LogP contribution in [0.5, 0.6) is 5.75 Å². The van der Waals surface area contributed by atoms with E-state index in [1.54, 1.807) is 0 Å². The highest BCUT2D eigenvalue weighted by atomic mass is 16.5. The van der Waals surface area contributed by atoms with Crippen LogP contribution in [0.15, 0.2) is 24.3 Å². The van der Waals surface area contributed by atoms with Crippen molar-refractivity contribution < 1.29 is 10.1 Å². The van der Waals surface area contributed by atoms with Crippen molar-refractivity contribution in [3.8, 4) is 5.75 Å². The molecule has 0 spiro atoms. The number of nitrogens with two attached hydrogens (primary N) is 1. The molecule has 102 valence electrons. The first-order chi connectivity index (χ1) is 8.40. The predicted molar refractivity (Wildman–Crippen MR) is 77.2 cm³/mol. The van der Waals surface area contributed by atoms with Crippen LogP contribution in [-0.4, -0.2) is 18.7 Å². The lowest BCUT2D eigenvalue weighted by molar-refractivity contribution is -0.717. The number of hydrogen-bond donors (Lipinski definition) is 1. The van der Waals surface area contributed by atoms with Gasteiger partial charge in [-0.1, -0.05) is 32.0 Å². The highest BCUT2D eigenvalue weighted by Gasteiger charge is 2.12. The third-order valence-electron chi connectivity index (χ3n) is 2.90. The smallest absolute Gasteiger partial charge is 0.122 e. The summed E-state index contributed by atoms with van der Waals surface area (Å²) in [6.07, 6.45) is 1.09. The Kier molecular flexibility index (Phi) is 5.67. The lowest BCUT2D eigenvalue weighted by Gasteiger charge is -2.17. The fraction of sp³-hybridized carbons (Fsp3) is 0.625. The molecule has 0 heterocycles. The molecule has 0 aliphatic carbocycles. The summed E-state index contributed by atoms with van der Waals surface area (Å²) < 4.78 is 5.89. The van der Waals surface area contributed by atoms with E-state index in [1.807, 2.05) is 6.07 Å². The summed E-state index contributed by atoms with van der Waals surface area (Å²) in [5, 5.41) is 2.37. The van der Waals surface area contributed by atoms with E-state index in [0.717, 1.165) is 25.3 Å². The zero-order valence-corrected chi connectivity index (χ0v) is 12.5. The van der Waals surface area contributed by atoms with E-state index in [1.165, 1.54) is 5.56 Å². The molecule has 0 saturated heterocycles. The van der Waals surface area contributed by atoms with Gasteiger partial charge >= 0.3 is 0 Å². The van der Waals surface area contributed by atoms with E-state index in [9.17, 15) is 0 Å². The summed E-state index contributed by atoms with van der Waals surface area (Å²) >= 11 is 0. The largest absolute Gasteiger partial charge is 0.493 e. The Morgan fingerprint density at radius 1 is 1.17 bits per heavy atom. The zero-order valence-electron chi connectivity index (χ0n) is 12.5. The molecule has 2 nitrogen and oxygen atoms in total. The van der Waals surface area contributed by atoms with Gasteiger partial charge < -0.3 is 10.1 Å². The van der Waals surface area contributed by atoms with Gasteiger partial charge in [0, 0.05) is 6.42 Å². The Balaban J connectivity index is 2.36. The van der Waals surface area contributed by atoms with Crippen LogP contribution in [0, 0.1) is 0 Å². The second-order valence-corrected chi connectivity index (χ2v) is 6.25. The van der Waals surface area contributed by atoms with E-state index >= 15 is 0 Å². The summed E-state index contributed by atoms with van der Waals surface area (Å²) in [4.78, 5) is 0. The third kappa shape index (κ3) is 5.54. The SMILES string of the molecule is CC(C)c1ccccc1OCCC[NH2+]C(C)(C)C. The van der Waals surface area contributed by atoms with Crippen molar-refractivity contribution in [2.45, 2.75) is 52.5 Å². The summed E-state index contributed by atoms with van der Waals surface area (Å²) in [5.41, 5.74) is 1.62. The molecule has 1 aromatic rings. The molecule has 2 heteroatoms. The molecule has 0 radical (unpaired) electrons. The number of para-hydroxylation sites is 1. The predicted octanol–water partition coefficient (Wildman–Crippen LogP) is 2.94. The fourth-order valence-corrected chi connectivity index (χ4v) is 1.89. The molecule has 0 aromatic heterocycles. The van der Waals surface area contributed by atoms with Gasteiger partial charge in [-0.2, -0.15) is 0 Å². The van der Waals surface area contributed by atoms with Crippen molar-refractivity contribution in [1.82, 2.24) is 0 Å². The summed E-state index contributed by atoms with van der Waals surface area (Å²) in [6.45, 7) is 13.0. The summed E-state index contributed by atoms with van der Waals surface area (Å²) in [6, 6.07) is 8.35. The van der Waals surface area contributed by atoms with E-state index in [0.29, 0.717) is 11.5 Å². The summed E-state index contributed by atoms with van der Waals surface area (Å²) in [7, 11) is 0. The highest BCUT2D eigenvalue weighted by molar-refractivity contribution is 5.35. The van der Waals surface area contributed by atoms with Crippen LogP contribution >= 0.6 is 0 Å². The lowest BCUT2D eigenvalue weighted by atomic mass is 10.0. The third-order valence-corrected chi connectivity index (χ3v) is 2.90. The molecule has 18 heavy (non-hydrogen) atoms. The molecule has 0 saturated carbocycles. The first-order valence-corrected chi connectivity index (χ1v) is 6.96. The molecule has 0 fully saturated rings. The lowest BCUT2D eigenvalue weighted by Crippen LogP contribution is -2.94. The molecule has 0 aliphatic rings. The maximum Gasteiger partial charge on any atom is 0.122 e.